The number of rotatable bonds is 10. The van der Waals surface area contributed by atoms with Gasteiger partial charge in [0.1, 0.15) is 67.0 Å². The fourth-order valence-corrected chi connectivity index (χ4v) is 10.7. The van der Waals surface area contributed by atoms with Gasteiger partial charge in [-0.3, -0.25) is 28.9 Å². The first-order valence-electron chi connectivity index (χ1n) is 21.5. The average Bonchev–Trinajstić information content (AvgIpc) is 3.53. The zero-order chi connectivity index (χ0) is 46.9. The second-order valence-electron chi connectivity index (χ2n) is 20.9. The molecule has 3 saturated heterocycles. The van der Waals surface area contributed by atoms with Gasteiger partial charge in [0, 0.05) is 0 Å². The number of hydrogen-bond donors (Lipinski definition) is 4. The lowest BCUT2D eigenvalue weighted by Gasteiger charge is -2.59. The minimum atomic E-state index is -2.51. The van der Waals surface area contributed by atoms with Gasteiger partial charge in [0.05, 0.1) is 12.8 Å². The van der Waals surface area contributed by atoms with E-state index in [0.29, 0.717) is 0 Å². The van der Waals surface area contributed by atoms with Crippen LogP contribution in [0.4, 0.5) is 0 Å². The quantitative estimate of drug-likeness (QED) is 0.188. The van der Waals surface area contributed by atoms with Crippen molar-refractivity contribution in [2.75, 3.05) is 0 Å². The number of ether oxygens (including phenoxy) is 2. The Kier molecular flexibility index (Phi) is 14.6. The van der Waals surface area contributed by atoms with Gasteiger partial charge in [-0.1, -0.05) is 110 Å². The van der Waals surface area contributed by atoms with Gasteiger partial charge in [0.25, 0.3) is 0 Å². The summed E-state index contributed by atoms with van der Waals surface area (Å²) in [6.45, 7) is 23.7. The summed E-state index contributed by atoms with van der Waals surface area (Å²) >= 11 is 0. The van der Waals surface area contributed by atoms with Crippen molar-refractivity contribution in [3.8, 4) is 0 Å². The monoisotopic (exact) mass is 930 g/mol. The molecule has 2 aromatic carbocycles. The highest BCUT2D eigenvalue weighted by Crippen LogP contribution is 2.52. The Morgan fingerprint density at radius 3 is 1.44 bits per heavy atom. The van der Waals surface area contributed by atoms with Crippen LogP contribution in [-0.2, 0) is 60.4 Å². The van der Waals surface area contributed by atoms with E-state index in [1.165, 1.54) is 5.06 Å². The standard InChI is InChI=1S/C24H35NO7Si.C21H31NO7Si.CH4/c1-22(2,3)33(6,7)32-18-17(27)19-21(31-23(4,5)30-19)24(20(18)28)13-16(26)25(24)29-14-15-11-9-8-10-12-15;1-20(2,3)30(4,5)29-17-15(24)16(25)18(26)21(19(17)27)11-14(23)22(21)28-12-13-9-7-6-8-10-13;/h8-12,18-21,28H,13-14H2,1-7H3;6-10,16-19,25-27H,11-12H2,1-5H3;1H4/t18-,19-,20-,21-,24+;16-,17-,18-,19-,21-;/m11./s1. The second kappa shape index (κ2) is 18.1. The van der Waals surface area contributed by atoms with E-state index in [9.17, 15) is 39.6 Å². The maximum atomic E-state index is 13.5. The Labute approximate surface area is 379 Å². The number of amides is 2. The van der Waals surface area contributed by atoms with Crippen LogP contribution < -0.4 is 0 Å². The van der Waals surface area contributed by atoms with Crippen molar-refractivity contribution in [2.24, 2.45) is 0 Å². The van der Waals surface area contributed by atoms with Crippen molar-refractivity contribution in [3.05, 3.63) is 71.8 Å². The van der Waals surface area contributed by atoms with Gasteiger partial charge >= 0.3 is 0 Å². The number of carbonyl (C=O) groups excluding carboxylic acids is 4. The molecule has 10 atom stereocenters. The summed E-state index contributed by atoms with van der Waals surface area (Å²) in [5.74, 6) is -2.91. The van der Waals surface area contributed by atoms with Crippen LogP contribution in [0.25, 0.3) is 0 Å². The van der Waals surface area contributed by atoms with Crippen LogP contribution in [0, 0.1) is 0 Å². The molecule has 16 nitrogen and oxygen atoms in total. The van der Waals surface area contributed by atoms with Gasteiger partial charge in [-0.05, 0) is 61.2 Å². The van der Waals surface area contributed by atoms with Gasteiger partial charge in [-0.15, -0.1) is 0 Å². The summed E-state index contributed by atoms with van der Waals surface area (Å²) in [5.41, 5.74) is -1.25. The molecule has 2 amide bonds. The van der Waals surface area contributed by atoms with Gasteiger partial charge in [0.2, 0.25) is 11.8 Å². The second-order valence-corrected chi connectivity index (χ2v) is 30.4. The summed E-state index contributed by atoms with van der Waals surface area (Å²) in [4.78, 5) is 62.9. The maximum Gasteiger partial charge on any atom is 0.249 e. The molecule has 0 bridgehead atoms. The fourth-order valence-electron chi connectivity index (χ4n) is 8.26. The van der Waals surface area contributed by atoms with E-state index in [2.05, 4.69) is 20.8 Å². The summed E-state index contributed by atoms with van der Waals surface area (Å²) in [6.07, 6.45) is -10.9. The van der Waals surface area contributed by atoms with Crippen molar-refractivity contribution >= 4 is 40.0 Å². The zero-order valence-corrected chi connectivity index (χ0v) is 40.5. The van der Waals surface area contributed by atoms with Crippen molar-refractivity contribution in [1.82, 2.24) is 10.1 Å². The molecule has 0 unspecified atom stereocenters. The maximum absolute atomic E-state index is 13.5. The molecule has 64 heavy (non-hydrogen) atoms. The molecule has 2 aliphatic carbocycles. The summed E-state index contributed by atoms with van der Waals surface area (Å²) in [7, 11) is -4.95. The van der Waals surface area contributed by atoms with Crippen LogP contribution in [0.15, 0.2) is 60.7 Å². The van der Waals surface area contributed by atoms with Gasteiger partial charge in [-0.25, -0.2) is 10.1 Å². The highest BCUT2D eigenvalue weighted by molar-refractivity contribution is 6.74. The first kappa shape index (κ1) is 51.7. The van der Waals surface area contributed by atoms with Crippen LogP contribution >= 0.6 is 0 Å². The molecule has 5 aliphatic rings. The minimum absolute atomic E-state index is 0. The van der Waals surface area contributed by atoms with Crippen LogP contribution in [0.3, 0.4) is 0 Å². The van der Waals surface area contributed by atoms with Gasteiger partial charge in [-0.2, -0.15) is 0 Å². The van der Waals surface area contributed by atoms with Crippen LogP contribution in [0.1, 0.15) is 86.8 Å². The van der Waals surface area contributed by atoms with E-state index >= 15 is 0 Å². The topological polar surface area (TPSA) is 211 Å². The number of carbonyl (C=O) groups is 4. The normalized spacial score (nSPS) is 32.7. The lowest BCUT2D eigenvalue weighted by Crippen LogP contribution is -2.82. The smallest absolute Gasteiger partial charge is 0.249 e. The molecule has 2 saturated carbocycles. The molecule has 2 spiro atoms. The third-order valence-electron chi connectivity index (χ3n) is 14.1. The Bertz CT molecular complexity index is 2020. The van der Waals surface area contributed by atoms with E-state index in [0.717, 1.165) is 16.2 Å². The molecular weight excluding hydrogens is 861 g/mol. The number of Topliss-reactive ketones (excluding diaryl/α,β-unsaturated/α-hetero) is 2. The summed E-state index contributed by atoms with van der Waals surface area (Å²) < 4.78 is 24.7. The number of nitrogens with zero attached hydrogens (tertiary/aromatic N) is 2. The van der Waals surface area contributed by atoms with E-state index in [-0.39, 0.29) is 55.2 Å². The Morgan fingerprint density at radius 2 is 1.02 bits per heavy atom. The first-order chi connectivity index (χ1) is 29.0. The predicted molar refractivity (Wildman–Crippen MR) is 240 cm³/mol. The summed E-state index contributed by atoms with van der Waals surface area (Å²) in [5, 5.41) is 45.6. The van der Waals surface area contributed by atoms with Crippen molar-refractivity contribution in [2.45, 2.75) is 191 Å². The average molecular weight is 931 g/mol. The molecule has 7 rings (SSSR count). The molecule has 2 aromatic rings. The van der Waals surface area contributed by atoms with Crippen LogP contribution in [-0.4, -0.2) is 136 Å². The molecule has 0 radical (unpaired) electrons. The number of aliphatic hydroxyl groups is 4. The molecule has 4 N–H and O–H groups in total. The number of ketones is 2. The SMILES string of the molecule is C.CC(C)(C)[Si](C)(C)O[C@@H]1C(=O)[C@@H](O)[C@@H](O)[C@]2(CC(=O)N2OCc2ccccc2)[C@@H]1O.CC1(C)O[C@@H]2C(=O)[C@@H](O[Si](C)(C)C(C)(C)C)[C@@H](O)[C@@]3(CC(=O)N3OCc3ccccc3)[C@@H]2O1. The predicted octanol–water partition coefficient (Wildman–Crippen LogP) is 4.72. The molecule has 356 valence electrons. The fraction of sp³-hybridized carbons (Fsp3) is 0.652. The third kappa shape index (κ3) is 9.10. The third-order valence-corrected chi connectivity index (χ3v) is 23.0. The van der Waals surface area contributed by atoms with E-state index in [4.69, 9.17) is 28.0 Å². The van der Waals surface area contributed by atoms with Crippen molar-refractivity contribution < 1.29 is 67.6 Å². The highest BCUT2D eigenvalue weighted by Gasteiger charge is 2.74. The Hall–Kier alpha value is -3.25. The first-order valence-corrected chi connectivity index (χ1v) is 27.3. The lowest BCUT2D eigenvalue weighted by atomic mass is 9.67. The molecule has 3 aliphatic heterocycles. The van der Waals surface area contributed by atoms with Crippen LogP contribution in [0.2, 0.25) is 36.3 Å². The Morgan fingerprint density at radius 1 is 0.625 bits per heavy atom. The minimum Gasteiger partial charge on any atom is -0.404 e. The summed E-state index contributed by atoms with van der Waals surface area (Å²) in [6, 6.07) is 18.6. The number of hydrogen-bond acceptors (Lipinski definition) is 14. The zero-order valence-electron chi connectivity index (χ0n) is 38.5. The van der Waals surface area contributed by atoms with E-state index in [1.807, 2.05) is 108 Å². The number of β-lactam (4-membered cyclic amide) rings is 2. The molecule has 3 heterocycles. The highest BCUT2D eigenvalue weighted by atomic mass is 28.4. The van der Waals surface area contributed by atoms with Gasteiger partial charge in [0.15, 0.2) is 40.1 Å². The Balaban J connectivity index is 0.000000238. The molecule has 18 heteroatoms. The van der Waals surface area contributed by atoms with Gasteiger partial charge < -0.3 is 38.8 Å². The van der Waals surface area contributed by atoms with Crippen molar-refractivity contribution in [3.63, 3.8) is 0 Å². The van der Waals surface area contributed by atoms with Crippen molar-refractivity contribution in [1.29, 1.82) is 0 Å². The van der Waals surface area contributed by atoms with E-state index in [1.54, 1.807) is 13.8 Å². The number of aliphatic hydroxyl groups excluding tert-OH is 4. The number of fused-ring (bicyclic) bond motifs is 2. The van der Waals surface area contributed by atoms with E-state index < -0.39 is 94.0 Å². The van der Waals surface area contributed by atoms with Crippen LogP contribution in [0.5, 0.6) is 0 Å². The number of benzene rings is 2. The molecule has 0 aromatic heterocycles. The number of hydroxylamine groups is 4. The molecular formula is C46H70N2O14Si2. The largest absolute Gasteiger partial charge is 0.404 e. The molecule has 5 fully saturated rings. The lowest BCUT2D eigenvalue weighted by molar-refractivity contribution is -0.319.